The van der Waals surface area contributed by atoms with Crippen LogP contribution in [0.4, 0.5) is 10.8 Å². The van der Waals surface area contributed by atoms with Crippen LogP contribution in [0.25, 0.3) is 0 Å². The van der Waals surface area contributed by atoms with E-state index in [-0.39, 0.29) is 22.0 Å². The third kappa shape index (κ3) is 4.49. The number of methoxy groups -OCH3 is 1. The summed E-state index contributed by atoms with van der Waals surface area (Å²) in [6, 6.07) is 14.2. The molecule has 1 fully saturated rings. The van der Waals surface area contributed by atoms with E-state index >= 15 is 0 Å². The SMILES string of the molecule is COc1cc(C(=O)O)ccc1NS(=O)(=O)c1csc(N2CCC(c3ccccc3)C2)n1. The van der Waals surface area contributed by atoms with Gasteiger partial charge >= 0.3 is 5.97 Å². The Morgan fingerprint density at radius 2 is 2.03 bits per heavy atom. The summed E-state index contributed by atoms with van der Waals surface area (Å²) in [5.41, 5.74) is 1.41. The van der Waals surface area contributed by atoms with Crippen molar-refractivity contribution >= 4 is 38.1 Å². The number of carbonyl (C=O) groups is 1. The number of hydrogen-bond acceptors (Lipinski definition) is 7. The van der Waals surface area contributed by atoms with E-state index in [1.807, 2.05) is 18.2 Å². The molecule has 1 aromatic heterocycles. The Bertz CT molecular complexity index is 1190. The minimum Gasteiger partial charge on any atom is -0.495 e. The standard InChI is InChI=1S/C21H21N3O5S2/c1-29-18-11-15(20(25)26)7-8-17(18)23-31(27,28)19-13-30-21(22-19)24-10-9-16(12-24)14-5-3-2-4-6-14/h2-8,11,13,16,23H,9-10,12H2,1H3,(H,25,26). The van der Waals surface area contributed by atoms with Crippen molar-refractivity contribution in [2.75, 3.05) is 29.8 Å². The van der Waals surface area contributed by atoms with E-state index in [1.54, 1.807) is 0 Å². The predicted molar refractivity (Wildman–Crippen MR) is 119 cm³/mol. The third-order valence-corrected chi connectivity index (χ3v) is 7.47. The van der Waals surface area contributed by atoms with Crippen LogP contribution >= 0.6 is 11.3 Å². The lowest BCUT2D eigenvalue weighted by Gasteiger charge is -2.15. The molecule has 3 aromatic rings. The number of ether oxygens (including phenoxy) is 1. The maximum absolute atomic E-state index is 12.8. The molecule has 0 amide bonds. The van der Waals surface area contributed by atoms with Crippen LogP contribution in [0.1, 0.15) is 28.3 Å². The molecule has 2 N–H and O–H groups in total. The van der Waals surface area contributed by atoms with Crippen molar-refractivity contribution < 1.29 is 23.1 Å². The molecule has 0 spiro atoms. The minimum atomic E-state index is -3.96. The van der Waals surface area contributed by atoms with Gasteiger partial charge in [0.15, 0.2) is 10.2 Å². The molecular formula is C21H21N3O5S2. The smallest absolute Gasteiger partial charge is 0.335 e. The van der Waals surface area contributed by atoms with Gasteiger partial charge in [0.05, 0.1) is 18.4 Å². The number of benzene rings is 2. The van der Waals surface area contributed by atoms with Crippen LogP contribution in [0.5, 0.6) is 5.75 Å². The number of aromatic carboxylic acids is 1. The van der Waals surface area contributed by atoms with Gasteiger partial charge in [-0.05, 0) is 30.2 Å². The van der Waals surface area contributed by atoms with Gasteiger partial charge in [0, 0.05) is 24.4 Å². The number of hydrogen-bond donors (Lipinski definition) is 2. The average molecular weight is 460 g/mol. The van der Waals surface area contributed by atoms with Gasteiger partial charge in [0.25, 0.3) is 10.0 Å². The zero-order valence-electron chi connectivity index (χ0n) is 16.7. The summed E-state index contributed by atoms with van der Waals surface area (Å²) in [6.45, 7) is 1.60. The molecule has 0 aliphatic carbocycles. The number of thiazole rings is 1. The molecule has 162 valence electrons. The fourth-order valence-corrected chi connectivity index (χ4v) is 5.76. The molecule has 0 saturated carbocycles. The number of nitrogens with one attached hydrogen (secondary N) is 1. The predicted octanol–water partition coefficient (Wildman–Crippen LogP) is 3.64. The molecule has 31 heavy (non-hydrogen) atoms. The second-order valence-electron chi connectivity index (χ2n) is 7.14. The van der Waals surface area contributed by atoms with E-state index in [0.29, 0.717) is 11.0 Å². The van der Waals surface area contributed by atoms with Gasteiger partial charge in [-0.2, -0.15) is 8.42 Å². The molecule has 4 rings (SSSR count). The van der Waals surface area contributed by atoms with E-state index in [9.17, 15) is 13.2 Å². The normalized spacial score (nSPS) is 16.3. The van der Waals surface area contributed by atoms with Gasteiger partial charge in [0.2, 0.25) is 0 Å². The molecule has 1 unspecified atom stereocenters. The molecule has 2 heterocycles. The highest BCUT2D eigenvalue weighted by Gasteiger charge is 2.28. The Hall–Kier alpha value is -3.11. The Morgan fingerprint density at radius 3 is 2.74 bits per heavy atom. The summed E-state index contributed by atoms with van der Waals surface area (Å²) in [4.78, 5) is 17.6. The molecule has 1 aliphatic rings. The molecule has 0 radical (unpaired) electrons. The number of sulfonamides is 1. The van der Waals surface area contributed by atoms with Gasteiger partial charge < -0.3 is 14.7 Å². The monoisotopic (exact) mass is 459 g/mol. The van der Waals surface area contributed by atoms with Crippen LogP contribution in [0, 0.1) is 0 Å². The van der Waals surface area contributed by atoms with Crippen molar-refractivity contribution in [1.29, 1.82) is 0 Å². The molecule has 1 aliphatic heterocycles. The Kier molecular flexibility index (Phi) is 5.84. The summed E-state index contributed by atoms with van der Waals surface area (Å²) in [6.07, 6.45) is 0.983. The fraction of sp³-hybridized carbons (Fsp3) is 0.238. The molecule has 8 nitrogen and oxygen atoms in total. The molecule has 1 saturated heterocycles. The van der Waals surface area contributed by atoms with Crippen molar-refractivity contribution in [3.63, 3.8) is 0 Å². The van der Waals surface area contributed by atoms with Crippen molar-refractivity contribution in [3.05, 3.63) is 65.0 Å². The van der Waals surface area contributed by atoms with Crippen molar-refractivity contribution in [3.8, 4) is 5.75 Å². The summed E-state index contributed by atoms with van der Waals surface area (Å²) < 4.78 is 33.3. The van der Waals surface area contributed by atoms with Crippen molar-refractivity contribution in [1.82, 2.24) is 4.98 Å². The average Bonchev–Trinajstić information content (AvgIpc) is 3.44. The lowest BCUT2D eigenvalue weighted by Crippen LogP contribution is -2.20. The van der Waals surface area contributed by atoms with Crippen LogP contribution in [0.2, 0.25) is 0 Å². The maximum Gasteiger partial charge on any atom is 0.335 e. The number of carboxylic acid groups (broad SMARTS) is 1. The summed E-state index contributed by atoms with van der Waals surface area (Å²) in [7, 11) is -2.61. The fourth-order valence-electron chi connectivity index (χ4n) is 3.56. The van der Waals surface area contributed by atoms with E-state index in [4.69, 9.17) is 9.84 Å². The summed E-state index contributed by atoms with van der Waals surface area (Å²) >= 11 is 1.28. The highest BCUT2D eigenvalue weighted by Crippen LogP contribution is 2.34. The first-order valence-corrected chi connectivity index (χ1v) is 11.9. The van der Waals surface area contributed by atoms with Crippen LogP contribution in [-0.4, -0.2) is 44.7 Å². The molecule has 10 heteroatoms. The summed E-state index contributed by atoms with van der Waals surface area (Å²) in [5, 5.41) is 11.2. The van der Waals surface area contributed by atoms with E-state index < -0.39 is 16.0 Å². The minimum absolute atomic E-state index is 0.00209. The maximum atomic E-state index is 12.8. The summed E-state index contributed by atoms with van der Waals surface area (Å²) in [5.74, 6) is -0.624. The molecular weight excluding hydrogens is 438 g/mol. The molecule has 1 atom stereocenters. The first-order valence-electron chi connectivity index (χ1n) is 9.57. The van der Waals surface area contributed by atoms with Gasteiger partial charge in [-0.15, -0.1) is 11.3 Å². The Balaban J connectivity index is 1.50. The van der Waals surface area contributed by atoms with Crippen molar-refractivity contribution in [2.24, 2.45) is 0 Å². The van der Waals surface area contributed by atoms with E-state index in [1.165, 1.54) is 47.6 Å². The van der Waals surface area contributed by atoms with E-state index in [2.05, 4.69) is 26.7 Å². The van der Waals surface area contributed by atoms with Crippen LogP contribution in [-0.2, 0) is 10.0 Å². The number of anilines is 2. The van der Waals surface area contributed by atoms with Gasteiger partial charge in [-0.3, -0.25) is 4.72 Å². The van der Waals surface area contributed by atoms with Gasteiger partial charge in [0.1, 0.15) is 5.75 Å². The first-order chi connectivity index (χ1) is 14.9. The topological polar surface area (TPSA) is 109 Å². The number of rotatable bonds is 7. The van der Waals surface area contributed by atoms with Crippen LogP contribution in [0.15, 0.2) is 58.9 Å². The quantitative estimate of drug-likeness (QED) is 0.555. The zero-order chi connectivity index (χ0) is 22.0. The largest absolute Gasteiger partial charge is 0.495 e. The van der Waals surface area contributed by atoms with E-state index in [0.717, 1.165) is 19.5 Å². The molecule has 0 bridgehead atoms. The zero-order valence-corrected chi connectivity index (χ0v) is 18.3. The Labute approximate surface area is 184 Å². The third-order valence-electron chi connectivity index (χ3n) is 5.17. The van der Waals surface area contributed by atoms with Crippen molar-refractivity contribution in [2.45, 2.75) is 17.4 Å². The van der Waals surface area contributed by atoms with Gasteiger partial charge in [-0.25, -0.2) is 9.78 Å². The molecule has 2 aromatic carbocycles. The van der Waals surface area contributed by atoms with Crippen LogP contribution < -0.4 is 14.4 Å². The second-order valence-corrected chi connectivity index (χ2v) is 9.60. The lowest BCUT2D eigenvalue weighted by atomic mass is 9.99. The number of nitrogens with zero attached hydrogens (tertiary/aromatic N) is 2. The highest BCUT2D eigenvalue weighted by molar-refractivity contribution is 7.92. The van der Waals surface area contributed by atoms with Crippen LogP contribution in [0.3, 0.4) is 0 Å². The first kappa shape index (κ1) is 21.1. The highest BCUT2D eigenvalue weighted by atomic mass is 32.2. The number of aromatic nitrogens is 1. The Morgan fingerprint density at radius 1 is 1.26 bits per heavy atom. The number of carboxylic acids is 1. The lowest BCUT2D eigenvalue weighted by molar-refractivity contribution is 0.0696. The van der Waals surface area contributed by atoms with Gasteiger partial charge in [-0.1, -0.05) is 30.3 Å². The second kappa shape index (κ2) is 8.56.